The van der Waals surface area contributed by atoms with Gasteiger partial charge in [-0.05, 0) is 82.3 Å². The van der Waals surface area contributed by atoms with Crippen molar-refractivity contribution in [2.24, 2.45) is 5.73 Å². The first-order chi connectivity index (χ1) is 23.3. The normalized spacial score (nSPS) is 16.6. The minimum absolute atomic E-state index is 0.193. The molecule has 4 rings (SSSR count). The van der Waals surface area contributed by atoms with E-state index in [1.165, 1.54) is 16.2 Å². The summed E-state index contributed by atoms with van der Waals surface area (Å²) in [6.45, 7) is 7.34. The van der Waals surface area contributed by atoms with E-state index < -0.39 is 17.6 Å². The highest BCUT2D eigenvalue weighted by molar-refractivity contribution is 5.95. The minimum atomic E-state index is -0.840. The van der Waals surface area contributed by atoms with Crippen molar-refractivity contribution in [2.75, 3.05) is 34.2 Å². The molecule has 1 heterocycles. The molecule has 1 fully saturated rings. The summed E-state index contributed by atoms with van der Waals surface area (Å²) in [4.78, 5) is 47.5. The maximum atomic E-state index is 14.6. The molecule has 262 valence electrons. The van der Waals surface area contributed by atoms with Gasteiger partial charge in [0.2, 0.25) is 17.7 Å². The van der Waals surface area contributed by atoms with Crippen molar-refractivity contribution in [3.63, 3.8) is 0 Å². The second kappa shape index (κ2) is 17.4. The van der Waals surface area contributed by atoms with Gasteiger partial charge in [0.05, 0.1) is 0 Å². The Morgan fingerprint density at radius 1 is 0.878 bits per heavy atom. The van der Waals surface area contributed by atoms with Crippen LogP contribution >= 0.6 is 0 Å². The first-order valence-electron chi connectivity index (χ1n) is 17.5. The first kappa shape index (κ1) is 37.5. The van der Waals surface area contributed by atoms with Crippen molar-refractivity contribution in [3.8, 4) is 11.1 Å². The number of hydrogen-bond acceptors (Lipinski definition) is 5. The van der Waals surface area contributed by atoms with E-state index in [2.05, 4.69) is 29.4 Å². The number of nitrogens with two attached hydrogens (primary N) is 1. The fraction of sp³-hybridized carbons (Fsp3) is 0.439. The standard InChI is InChI=1S/C41H55N5O3/c1-30(29-41(2,3)42)26-38(47)45(5)37(28-32-19-21-34(22-20-32)33-16-11-8-12-17-33)40(49)46(6)36(27-31-14-9-7-10-15-31)39(48)43-24-23-35-18-13-25-44(35)4/h7-12,14-17,19-22,26,35-37H,13,18,23-25,27-29,42H2,1-6H3,(H,43,48)/b30-26+/t35?,36-,37-/m1/s1. The fourth-order valence-electron chi connectivity index (χ4n) is 6.77. The van der Waals surface area contributed by atoms with Crippen LogP contribution in [0.4, 0.5) is 0 Å². The minimum Gasteiger partial charge on any atom is -0.354 e. The van der Waals surface area contributed by atoms with Gasteiger partial charge in [0, 0.05) is 51.1 Å². The number of carbonyl (C=O) groups excluding carboxylic acids is 3. The SMILES string of the molecule is C/C(=C\C(=O)N(C)[C@H](Cc1ccc(-c2ccccc2)cc1)C(=O)N(C)[C@H](Cc1ccccc1)C(=O)NCCC1CCCN1C)CC(C)(C)N. The van der Waals surface area contributed by atoms with Gasteiger partial charge in [0.1, 0.15) is 12.1 Å². The lowest BCUT2D eigenvalue weighted by molar-refractivity contribution is -0.146. The summed E-state index contributed by atoms with van der Waals surface area (Å²) in [5, 5.41) is 3.14. The number of rotatable bonds is 15. The Morgan fingerprint density at radius 3 is 2.04 bits per heavy atom. The van der Waals surface area contributed by atoms with Crippen molar-refractivity contribution in [1.29, 1.82) is 0 Å². The molecule has 0 aromatic heterocycles. The largest absolute Gasteiger partial charge is 0.354 e. The smallest absolute Gasteiger partial charge is 0.246 e. The van der Waals surface area contributed by atoms with Gasteiger partial charge in [-0.1, -0.05) is 90.5 Å². The lowest BCUT2D eigenvalue weighted by Crippen LogP contribution is -2.56. The lowest BCUT2D eigenvalue weighted by Gasteiger charge is -2.34. The Labute approximate surface area is 293 Å². The Kier molecular flexibility index (Phi) is 13.3. The third-order valence-electron chi connectivity index (χ3n) is 9.53. The second-order valence-corrected chi connectivity index (χ2v) is 14.4. The van der Waals surface area contributed by atoms with Crippen molar-refractivity contribution >= 4 is 17.7 Å². The highest BCUT2D eigenvalue weighted by Gasteiger charge is 2.35. The van der Waals surface area contributed by atoms with Crippen LogP contribution in [-0.2, 0) is 27.2 Å². The van der Waals surface area contributed by atoms with Crippen molar-refractivity contribution < 1.29 is 14.4 Å². The van der Waals surface area contributed by atoms with Crippen LogP contribution < -0.4 is 11.1 Å². The van der Waals surface area contributed by atoms with Crippen LogP contribution in [0.3, 0.4) is 0 Å². The predicted molar refractivity (Wildman–Crippen MR) is 199 cm³/mol. The zero-order chi connectivity index (χ0) is 35.6. The van der Waals surface area contributed by atoms with Crippen LogP contribution in [0, 0.1) is 0 Å². The number of nitrogens with one attached hydrogen (secondary N) is 1. The number of nitrogens with zero attached hydrogens (tertiary/aromatic N) is 3. The average Bonchev–Trinajstić information content (AvgIpc) is 3.49. The van der Waals surface area contributed by atoms with Crippen molar-refractivity contribution in [1.82, 2.24) is 20.0 Å². The van der Waals surface area contributed by atoms with Gasteiger partial charge in [0.15, 0.2) is 0 Å². The Bertz CT molecular complexity index is 1550. The zero-order valence-electron chi connectivity index (χ0n) is 30.2. The number of carbonyl (C=O) groups is 3. The van der Waals surface area contributed by atoms with Gasteiger partial charge in [-0.15, -0.1) is 0 Å². The monoisotopic (exact) mass is 665 g/mol. The molecule has 3 atom stereocenters. The second-order valence-electron chi connectivity index (χ2n) is 14.4. The number of amides is 3. The molecule has 1 saturated heterocycles. The molecule has 0 aliphatic carbocycles. The Balaban J connectivity index is 1.60. The third-order valence-corrected chi connectivity index (χ3v) is 9.53. The topological polar surface area (TPSA) is 99.0 Å². The van der Waals surface area contributed by atoms with Gasteiger partial charge in [0.25, 0.3) is 0 Å². The molecule has 0 bridgehead atoms. The fourth-order valence-corrected chi connectivity index (χ4v) is 6.77. The van der Waals surface area contributed by atoms with Gasteiger partial charge >= 0.3 is 0 Å². The molecule has 1 aliphatic heterocycles. The van der Waals surface area contributed by atoms with Crippen molar-refractivity contribution in [2.45, 2.75) is 83.0 Å². The molecule has 8 nitrogen and oxygen atoms in total. The molecular formula is C41H55N5O3. The van der Waals surface area contributed by atoms with Gasteiger partial charge in [-0.2, -0.15) is 0 Å². The number of likely N-dealkylation sites (tertiary alicyclic amines) is 1. The third kappa shape index (κ3) is 11.1. The molecule has 3 aromatic carbocycles. The van der Waals surface area contributed by atoms with E-state index in [0.29, 0.717) is 31.8 Å². The summed E-state index contributed by atoms with van der Waals surface area (Å²) in [6.07, 6.45) is 5.93. The van der Waals surface area contributed by atoms with E-state index in [9.17, 15) is 14.4 Å². The van der Waals surface area contributed by atoms with E-state index in [1.807, 2.05) is 93.6 Å². The molecule has 3 aromatic rings. The predicted octanol–water partition coefficient (Wildman–Crippen LogP) is 5.47. The Morgan fingerprint density at radius 2 is 1.45 bits per heavy atom. The first-order valence-corrected chi connectivity index (χ1v) is 17.5. The van der Waals surface area contributed by atoms with Gasteiger partial charge in [-0.25, -0.2) is 0 Å². The summed E-state index contributed by atoms with van der Waals surface area (Å²) in [7, 11) is 5.48. The molecule has 1 unspecified atom stereocenters. The van der Waals surface area contributed by atoms with Crippen LogP contribution in [0.15, 0.2) is 96.6 Å². The molecule has 3 N–H and O–H groups in total. The van der Waals surface area contributed by atoms with E-state index in [-0.39, 0.29) is 17.7 Å². The maximum Gasteiger partial charge on any atom is 0.246 e. The van der Waals surface area contributed by atoms with Crippen molar-refractivity contribution in [3.05, 3.63) is 108 Å². The van der Waals surface area contributed by atoms with E-state index in [1.54, 1.807) is 20.2 Å². The molecular weight excluding hydrogens is 610 g/mol. The summed E-state index contributed by atoms with van der Waals surface area (Å²) >= 11 is 0. The molecule has 0 spiro atoms. The maximum absolute atomic E-state index is 14.6. The molecule has 0 radical (unpaired) electrons. The highest BCUT2D eigenvalue weighted by atomic mass is 16.2. The molecule has 1 aliphatic rings. The summed E-state index contributed by atoms with van der Waals surface area (Å²) in [5.41, 5.74) is 10.6. The summed E-state index contributed by atoms with van der Waals surface area (Å²) in [6, 6.07) is 26.8. The van der Waals surface area contributed by atoms with Crippen LogP contribution in [0.1, 0.15) is 57.6 Å². The zero-order valence-corrected chi connectivity index (χ0v) is 30.2. The summed E-state index contributed by atoms with van der Waals surface area (Å²) in [5.74, 6) is -0.764. The van der Waals surface area contributed by atoms with Crippen LogP contribution in [-0.4, -0.2) is 90.3 Å². The quantitative estimate of drug-likeness (QED) is 0.210. The molecule has 0 saturated carbocycles. The summed E-state index contributed by atoms with van der Waals surface area (Å²) < 4.78 is 0. The van der Waals surface area contributed by atoms with E-state index >= 15 is 0 Å². The molecule has 3 amide bonds. The number of likely N-dealkylation sites (N-methyl/N-ethyl adjacent to an activating group) is 2. The van der Waals surface area contributed by atoms with Gasteiger partial charge < -0.3 is 25.8 Å². The Hall–Kier alpha value is -4.27. The van der Waals surface area contributed by atoms with Gasteiger partial charge in [-0.3, -0.25) is 14.4 Å². The van der Waals surface area contributed by atoms with E-state index in [0.717, 1.165) is 47.2 Å². The number of hydrogen-bond donors (Lipinski definition) is 2. The molecule has 49 heavy (non-hydrogen) atoms. The van der Waals surface area contributed by atoms with Crippen LogP contribution in [0.2, 0.25) is 0 Å². The highest BCUT2D eigenvalue weighted by Crippen LogP contribution is 2.22. The average molecular weight is 666 g/mol. The van der Waals surface area contributed by atoms with Crippen LogP contribution in [0.5, 0.6) is 0 Å². The number of benzene rings is 3. The van der Waals surface area contributed by atoms with Crippen LogP contribution in [0.25, 0.3) is 11.1 Å². The lowest BCUT2D eigenvalue weighted by atomic mass is 9.96. The van der Waals surface area contributed by atoms with E-state index in [4.69, 9.17) is 5.73 Å². The molecule has 8 heteroatoms.